The van der Waals surface area contributed by atoms with E-state index in [1.165, 1.54) is 4.88 Å². The summed E-state index contributed by atoms with van der Waals surface area (Å²) in [6.07, 6.45) is 5.08. The molecule has 1 nitrogen and oxygen atoms in total. The van der Waals surface area contributed by atoms with E-state index in [1.807, 2.05) is 6.07 Å². The molecule has 0 aliphatic rings. The first-order valence-corrected chi connectivity index (χ1v) is 6.21. The van der Waals surface area contributed by atoms with Crippen LogP contribution in [0, 0.1) is 0 Å². The van der Waals surface area contributed by atoms with Crippen molar-refractivity contribution in [2.24, 2.45) is 0 Å². The normalized spacial score (nSPS) is 10.4. The number of unbranched alkanes of at least 4 members (excludes halogenated alkanes) is 1. The maximum atomic E-state index is 11.6. The maximum absolute atomic E-state index is 11.6. The van der Waals surface area contributed by atoms with Crippen molar-refractivity contribution in [3.8, 4) is 0 Å². The molecule has 0 amide bonds. The second kappa shape index (κ2) is 5.97. The third-order valence-corrected chi connectivity index (χ3v) is 3.38. The van der Waals surface area contributed by atoms with Gasteiger partial charge >= 0.3 is 0 Å². The van der Waals surface area contributed by atoms with Crippen LogP contribution in [-0.2, 0) is 6.42 Å². The third-order valence-electron chi connectivity index (χ3n) is 2.19. The lowest BCUT2D eigenvalue weighted by Crippen LogP contribution is -1.94. The Balaban J connectivity index is 2.53. The first-order chi connectivity index (χ1) is 6.77. The van der Waals surface area contributed by atoms with Crippen molar-refractivity contribution in [3.63, 3.8) is 0 Å². The average molecular weight is 210 g/mol. The van der Waals surface area contributed by atoms with E-state index in [0.717, 1.165) is 30.6 Å². The lowest BCUT2D eigenvalue weighted by molar-refractivity contribution is 0.0983. The van der Waals surface area contributed by atoms with Gasteiger partial charge < -0.3 is 0 Å². The van der Waals surface area contributed by atoms with E-state index in [0.29, 0.717) is 12.2 Å². The highest BCUT2D eigenvalue weighted by atomic mass is 32.1. The molecule has 0 fully saturated rings. The lowest BCUT2D eigenvalue weighted by Gasteiger charge is -1.94. The first-order valence-electron chi connectivity index (χ1n) is 5.39. The summed E-state index contributed by atoms with van der Waals surface area (Å²) in [6, 6.07) is 4.07. The summed E-state index contributed by atoms with van der Waals surface area (Å²) in [5.74, 6) is 0.319. The van der Waals surface area contributed by atoms with Crippen molar-refractivity contribution in [2.75, 3.05) is 0 Å². The fourth-order valence-electron chi connectivity index (χ4n) is 1.37. The van der Waals surface area contributed by atoms with Gasteiger partial charge in [0, 0.05) is 11.3 Å². The third kappa shape index (κ3) is 3.26. The average Bonchev–Trinajstić information content (AvgIpc) is 2.63. The molecule has 0 aliphatic carbocycles. The Morgan fingerprint density at radius 1 is 1.29 bits per heavy atom. The number of ketones is 1. The summed E-state index contributed by atoms with van der Waals surface area (Å²) in [7, 11) is 0. The zero-order valence-corrected chi connectivity index (χ0v) is 9.82. The number of Topliss-reactive ketones (excluding diaryl/α,β-unsaturated/α-hetero) is 1. The molecule has 14 heavy (non-hydrogen) atoms. The van der Waals surface area contributed by atoms with E-state index >= 15 is 0 Å². The van der Waals surface area contributed by atoms with E-state index < -0.39 is 0 Å². The van der Waals surface area contributed by atoms with E-state index in [1.54, 1.807) is 11.3 Å². The van der Waals surface area contributed by atoms with Gasteiger partial charge in [0.05, 0.1) is 4.88 Å². The van der Waals surface area contributed by atoms with Gasteiger partial charge in [-0.3, -0.25) is 4.79 Å². The predicted octanol–water partition coefficient (Wildman–Crippen LogP) is 4.07. The van der Waals surface area contributed by atoms with Crippen molar-refractivity contribution >= 4 is 17.1 Å². The smallest absolute Gasteiger partial charge is 0.172 e. The molecular formula is C12H18OS. The largest absolute Gasteiger partial charge is 0.293 e. The molecular weight excluding hydrogens is 192 g/mol. The van der Waals surface area contributed by atoms with Crippen LogP contribution in [0.1, 0.15) is 54.1 Å². The highest BCUT2D eigenvalue weighted by molar-refractivity contribution is 7.14. The maximum Gasteiger partial charge on any atom is 0.172 e. The van der Waals surface area contributed by atoms with Crippen molar-refractivity contribution in [1.82, 2.24) is 0 Å². The van der Waals surface area contributed by atoms with Crippen LogP contribution < -0.4 is 0 Å². The monoisotopic (exact) mass is 210 g/mol. The van der Waals surface area contributed by atoms with Gasteiger partial charge in [-0.15, -0.1) is 11.3 Å². The summed E-state index contributed by atoms with van der Waals surface area (Å²) in [4.78, 5) is 13.9. The molecule has 0 spiro atoms. The Kier molecular flexibility index (Phi) is 4.88. The molecule has 2 heteroatoms. The molecule has 0 bridgehead atoms. The van der Waals surface area contributed by atoms with Gasteiger partial charge in [0.15, 0.2) is 5.78 Å². The van der Waals surface area contributed by atoms with Crippen LogP contribution in [-0.4, -0.2) is 5.78 Å². The van der Waals surface area contributed by atoms with E-state index in [-0.39, 0.29) is 0 Å². The molecule has 0 atom stereocenters. The van der Waals surface area contributed by atoms with Crippen LogP contribution in [0.15, 0.2) is 12.1 Å². The summed E-state index contributed by atoms with van der Waals surface area (Å²) in [6.45, 7) is 4.28. The molecule has 0 radical (unpaired) electrons. The van der Waals surface area contributed by atoms with Crippen LogP contribution >= 0.6 is 11.3 Å². The molecule has 1 rings (SSSR count). The molecule has 0 saturated heterocycles. The van der Waals surface area contributed by atoms with Crippen molar-refractivity contribution < 1.29 is 4.79 Å². The predicted molar refractivity (Wildman–Crippen MR) is 62.2 cm³/mol. The fraction of sp³-hybridized carbons (Fsp3) is 0.583. The van der Waals surface area contributed by atoms with Crippen LogP contribution in [0.5, 0.6) is 0 Å². The number of thiophene rings is 1. The van der Waals surface area contributed by atoms with Gasteiger partial charge in [-0.2, -0.15) is 0 Å². The van der Waals surface area contributed by atoms with Gasteiger partial charge in [-0.25, -0.2) is 0 Å². The minimum absolute atomic E-state index is 0.319. The summed E-state index contributed by atoms with van der Waals surface area (Å²) < 4.78 is 0. The number of hydrogen-bond donors (Lipinski definition) is 0. The molecule has 1 aromatic rings. The number of carbonyl (C=O) groups excluding carboxylic acids is 1. The summed E-state index contributed by atoms with van der Waals surface area (Å²) in [5.41, 5.74) is 0. The molecule has 1 heterocycles. The van der Waals surface area contributed by atoms with Crippen LogP contribution in [0.25, 0.3) is 0 Å². The van der Waals surface area contributed by atoms with Crippen LogP contribution in [0.4, 0.5) is 0 Å². The highest BCUT2D eigenvalue weighted by Crippen LogP contribution is 2.20. The second-order valence-corrected chi connectivity index (χ2v) is 4.71. The molecule has 1 aromatic heterocycles. The highest BCUT2D eigenvalue weighted by Gasteiger charge is 2.07. The second-order valence-electron chi connectivity index (χ2n) is 3.54. The number of carbonyl (C=O) groups is 1. The molecule has 78 valence electrons. The van der Waals surface area contributed by atoms with Gasteiger partial charge in [-0.05, 0) is 25.0 Å². The van der Waals surface area contributed by atoms with Crippen LogP contribution in [0.2, 0.25) is 0 Å². The molecule has 0 N–H and O–H groups in total. The van der Waals surface area contributed by atoms with Crippen molar-refractivity contribution in [1.29, 1.82) is 0 Å². The molecule has 0 saturated carbocycles. The lowest BCUT2D eigenvalue weighted by atomic mass is 10.1. The Labute approximate surface area is 90.2 Å². The SMILES string of the molecule is CCCCC(=O)c1ccc(CCC)s1. The Morgan fingerprint density at radius 3 is 2.71 bits per heavy atom. The Morgan fingerprint density at radius 2 is 2.07 bits per heavy atom. The summed E-state index contributed by atoms with van der Waals surface area (Å²) in [5, 5.41) is 0. The molecule has 0 unspecified atom stereocenters. The van der Waals surface area contributed by atoms with Gasteiger partial charge in [0.25, 0.3) is 0 Å². The number of rotatable bonds is 6. The molecule has 0 aromatic carbocycles. The number of hydrogen-bond acceptors (Lipinski definition) is 2. The van der Waals surface area contributed by atoms with Crippen molar-refractivity contribution in [2.45, 2.75) is 46.0 Å². The van der Waals surface area contributed by atoms with Gasteiger partial charge in [0.2, 0.25) is 0 Å². The Hall–Kier alpha value is -0.630. The zero-order chi connectivity index (χ0) is 10.4. The van der Waals surface area contributed by atoms with Crippen molar-refractivity contribution in [3.05, 3.63) is 21.9 Å². The van der Waals surface area contributed by atoms with Gasteiger partial charge in [0.1, 0.15) is 0 Å². The van der Waals surface area contributed by atoms with E-state index in [9.17, 15) is 4.79 Å². The Bertz CT molecular complexity index is 288. The quantitative estimate of drug-likeness (QED) is 0.647. The fourth-order valence-corrected chi connectivity index (χ4v) is 2.45. The van der Waals surface area contributed by atoms with Gasteiger partial charge in [-0.1, -0.05) is 26.7 Å². The minimum atomic E-state index is 0.319. The molecule has 0 aliphatic heterocycles. The minimum Gasteiger partial charge on any atom is -0.293 e. The first kappa shape index (κ1) is 11.4. The number of aryl methyl sites for hydroxylation is 1. The summed E-state index contributed by atoms with van der Waals surface area (Å²) >= 11 is 1.67. The van der Waals surface area contributed by atoms with E-state index in [4.69, 9.17) is 0 Å². The standard InChI is InChI=1S/C12H18OS/c1-3-5-7-11(13)12-9-8-10(14-12)6-4-2/h8-9H,3-7H2,1-2H3. The van der Waals surface area contributed by atoms with Crippen LogP contribution in [0.3, 0.4) is 0 Å². The zero-order valence-electron chi connectivity index (χ0n) is 9.01. The van der Waals surface area contributed by atoms with E-state index in [2.05, 4.69) is 19.9 Å². The topological polar surface area (TPSA) is 17.1 Å².